The fraction of sp³-hybridized carbons (Fsp3) is 0.382. The van der Waals surface area contributed by atoms with Gasteiger partial charge in [-0.15, -0.1) is 0 Å². The van der Waals surface area contributed by atoms with Gasteiger partial charge in [-0.3, -0.25) is 4.40 Å². The van der Waals surface area contributed by atoms with Crippen LogP contribution in [0.25, 0.3) is 11.3 Å². The van der Waals surface area contributed by atoms with Gasteiger partial charge in [0.05, 0.1) is 17.1 Å². The molecule has 0 spiro atoms. The molecule has 0 bridgehead atoms. The summed E-state index contributed by atoms with van der Waals surface area (Å²) in [5, 5.41) is 3.52. The summed E-state index contributed by atoms with van der Waals surface area (Å²) in [4.78, 5) is 7.26. The molecule has 1 aliphatic carbocycles. The maximum Gasteiger partial charge on any atom is 0.137 e. The van der Waals surface area contributed by atoms with Crippen LogP contribution in [0.4, 0.5) is 10.1 Å². The standard InChI is InChI=1S/C31H35FN4.C3H6/c1-5-28-30(36-17-14-22(2)20-29(36)34-28)23(3)33-21-24-6-12-27(13-7-24)35-18-15-31(4,16-19-35)25-8-10-26(32)11-9-25;1-2-3-1/h6-14,17,20,33H,3,5,15-16,18-19,21H2,1-2,4H3;1-3H2. The van der Waals surface area contributed by atoms with Gasteiger partial charge < -0.3 is 10.2 Å². The Morgan fingerprint density at radius 3 is 2.28 bits per heavy atom. The summed E-state index contributed by atoms with van der Waals surface area (Å²) >= 11 is 0. The molecule has 1 saturated carbocycles. The van der Waals surface area contributed by atoms with Gasteiger partial charge in [0.2, 0.25) is 0 Å². The van der Waals surface area contributed by atoms with Gasteiger partial charge in [0.15, 0.2) is 0 Å². The molecular weight excluding hydrogens is 483 g/mol. The summed E-state index contributed by atoms with van der Waals surface area (Å²) in [7, 11) is 0. The fourth-order valence-electron chi connectivity index (χ4n) is 5.28. The molecule has 0 unspecified atom stereocenters. The number of aromatic nitrogens is 2. The van der Waals surface area contributed by atoms with E-state index < -0.39 is 0 Å². The monoisotopic (exact) mass is 524 g/mol. The van der Waals surface area contributed by atoms with Crippen molar-refractivity contribution in [1.82, 2.24) is 14.7 Å². The molecule has 1 aliphatic heterocycles. The van der Waals surface area contributed by atoms with Gasteiger partial charge in [0.25, 0.3) is 0 Å². The Hall–Kier alpha value is -3.60. The van der Waals surface area contributed by atoms with Gasteiger partial charge in [-0.2, -0.15) is 0 Å². The zero-order chi connectivity index (χ0) is 27.4. The van der Waals surface area contributed by atoms with Gasteiger partial charge in [-0.1, -0.05) is 64.0 Å². The third-order valence-corrected chi connectivity index (χ3v) is 8.04. The number of piperidine rings is 1. The predicted octanol–water partition coefficient (Wildman–Crippen LogP) is 7.83. The van der Waals surface area contributed by atoms with Gasteiger partial charge in [-0.05, 0) is 84.7 Å². The molecule has 4 nitrogen and oxygen atoms in total. The maximum absolute atomic E-state index is 13.4. The molecule has 4 aromatic rings. The van der Waals surface area contributed by atoms with Crippen LogP contribution in [0.5, 0.6) is 0 Å². The van der Waals surface area contributed by atoms with E-state index in [-0.39, 0.29) is 11.2 Å². The third-order valence-electron chi connectivity index (χ3n) is 8.04. The molecule has 2 aromatic heterocycles. The molecular formula is C34H41FN4. The van der Waals surface area contributed by atoms with Crippen molar-refractivity contribution in [3.63, 3.8) is 0 Å². The summed E-state index contributed by atoms with van der Waals surface area (Å²) < 4.78 is 15.5. The van der Waals surface area contributed by atoms with Crippen molar-refractivity contribution >= 4 is 17.0 Å². The molecule has 1 N–H and O–H groups in total. The molecule has 0 radical (unpaired) electrons. The van der Waals surface area contributed by atoms with Crippen LogP contribution < -0.4 is 10.2 Å². The predicted molar refractivity (Wildman–Crippen MR) is 161 cm³/mol. The molecule has 5 heteroatoms. The van der Waals surface area contributed by atoms with Crippen LogP contribution in [0.15, 0.2) is 73.4 Å². The second-order valence-electron chi connectivity index (χ2n) is 11.3. The number of anilines is 1. The molecule has 2 aliphatic rings. The number of imidazole rings is 1. The highest BCUT2D eigenvalue weighted by Gasteiger charge is 2.31. The van der Waals surface area contributed by atoms with E-state index in [4.69, 9.17) is 4.98 Å². The van der Waals surface area contributed by atoms with E-state index in [1.54, 1.807) is 12.1 Å². The number of benzene rings is 2. The minimum absolute atomic E-state index is 0.0995. The first-order valence-electron chi connectivity index (χ1n) is 14.4. The minimum Gasteiger partial charge on any atom is -0.380 e. The van der Waals surface area contributed by atoms with E-state index in [9.17, 15) is 4.39 Å². The zero-order valence-corrected chi connectivity index (χ0v) is 23.6. The second-order valence-corrected chi connectivity index (χ2v) is 11.3. The number of halogens is 1. The van der Waals surface area contributed by atoms with Crippen LogP contribution in [-0.2, 0) is 18.4 Å². The SMILES string of the molecule is C1CC1.C=C(NCc1ccc(N2CCC(C)(c3ccc(F)cc3)CC2)cc1)c1c(CC)nc2cc(C)ccn12. The summed E-state index contributed by atoms with van der Waals surface area (Å²) in [6.07, 6.45) is 9.55. The first-order valence-corrected chi connectivity index (χ1v) is 14.4. The zero-order valence-electron chi connectivity index (χ0n) is 23.6. The van der Waals surface area contributed by atoms with Crippen molar-refractivity contribution in [2.75, 3.05) is 18.0 Å². The van der Waals surface area contributed by atoms with Gasteiger partial charge in [-0.25, -0.2) is 9.37 Å². The second kappa shape index (κ2) is 11.6. The molecule has 0 atom stereocenters. The lowest BCUT2D eigenvalue weighted by molar-refractivity contribution is 0.362. The Morgan fingerprint density at radius 2 is 1.67 bits per heavy atom. The minimum atomic E-state index is -0.169. The van der Waals surface area contributed by atoms with Crippen LogP contribution in [0, 0.1) is 12.7 Å². The van der Waals surface area contributed by atoms with E-state index in [2.05, 4.69) is 84.6 Å². The summed E-state index contributed by atoms with van der Waals surface area (Å²) in [5.74, 6) is -0.169. The van der Waals surface area contributed by atoms with Gasteiger partial charge in [0, 0.05) is 31.5 Å². The number of nitrogens with one attached hydrogen (secondary N) is 1. The molecule has 204 valence electrons. The van der Waals surface area contributed by atoms with Crippen LogP contribution in [0.1, 0.15) is 74.0 Å². The third kappa shape index (κ3) is 6.35. The number of rotatable bonds is 7. The first-order chi connectivity index (χ1) is 18.9. The molecule has 6 rings (SSSR count). The van der Waals surface area contributed by atoms with Crippen molar-refractivity contribution in [2.24, 2.45) is 0 Å². The number of pyridine rings is 1. The lowest BCUT2D eigenvalue weighted by Crippen LogP contribution is -2.41. The summed E-state index contributed by atoms with van der Waals surface area (Å²) in [6, 6.07) is 20.1. The molecule has 39 heavy (non-hydrogen) atoms. The Morgan fingerprint density at radius 1 is 1.00 bits per heavy atom. The lowest BCUT2D eigenvalue weighted by Gasteiger charge is -2.41. The summed E-state index contributed by atoms with van der Waals surface area (Å²) in [6.45, 7) is 13.6. The number of hydrogen-bond donors (Lipinski definition) is 1. The molecule has 2 fully saturated rings. The Balaban J connectivity index is 0.000000962. The smallest absolute Gasteiger partial charge is 0.137 e. The van der Waals surface area contributed by atoms with Gasteiger partial charge >= 0.3 is 0 Å². The average Bonchev–Trinajstić information content (AvgIpc) is 3.79. The quantitative estimate of drug-likeness (QED) is 0.267. The van der Waals surface area contributed by atoms with E-state index in [1.165, 1.54) is 41.6 Å². The molecule has 2 aromatic carbocycles. The van der Waals surface area contributed by atoms with E-state index in [1.807, 2.05) is 12.1 Å². The van der Waals surface area contributed by atoms with E-state index in [0.717, 1.165) is 55.1 Å². The van der Waals surface area contributed by atoms with Crippen molar-refractivity contribution < 1.29 is 4.39 Å². The van der Waals surface area contributed by atoms with Crippen molar-refractivity contribution in [3.8, 4) is 0 Å². The van der Waals surface area contributed by atoms with Crippen LogP contribution in [0.3, 0.4) is 0 Å². The maximum atomic E-state index is 13.4. The first kappa shape index (κ1) is 27.0. The van der Waals surface area contributed by atoms with Crippen LogP contribution in [0.2, 0.25) is 0 Å². The van der Waals surface area contributed by atoms with Crippen molar-refractivity contribution in [3.05, 3.63) is 107 Å². The number of fused-ring (bicyclic) bond motifs is 1. The Bertz CT molecular complexity index is 1410. The largest absolute Gasteiger partial charge is 0.380 e. The van der Waals surface area contributed by atoms with Crippen LogP contribution in [-0.4, -0.2) is 22.5 Å². The number of aryl methyl sites for hydroxylation is 2. The molecule has 0 amide bonds. The average molecular weight is 525 g/mol. The number of nitrogens with zero attached hydrogens (tertiary/aromatic N) is 3. The Kier molecular flexibility index (Phi) is 8.06. The fourth-order valence-corrected chi connectivity index (χ4v) is 5.28. The lowest BCUT2D eigenvalue weighted by atomic mass is 9.74. The number of hydrogen-bond acceptors (Lipinski definition) is 3. The van der Waals surface area contributed by atoms with Crippen LogP contribution >= 0.6 is 0 Å². The van der Waals surface area contributed by atoms with E-state index >= 15 is 0 Å². The highest BCUT2D eigenvalue weighted by atomic mass is 19.1. The highest BCUT2D eigenvalue weighted by Crippen LogP contribution is 2.36. The molecule has 3 heterocycles. The van der Waals surface area contributed by atoms with Crippen molar-refractivity contribution in [1.29, 1.82) is 0 Å². The topological polar surface area (TPSA) is 32.6 Å². The van der Waals surface area contributed by atoms with Crippen molar-refractivity contribution in [2.45, 2.75) is 71.3 Å². The Labute approximate surface area is 232 Å². The summed E-state index contributed by atoms with van der Waals surface area (Å²) in [5.41, 5.74) is 8.98. The van der Waals surface area contributed by atoms with Gasteiger partial charge in [0.1, 0.15) is 11.5 Å². The normalized spacial score (nSPS) is 15.9. The highest BCUT2D eigenvalue weighted by molar-refractivity contribution is 5.65. The van der Waals surface area contributed by atoms with E-state index in [0.29, 0.717) is 6.54 Å². The molecule has 1 saturated heterocycles.